The molecule has 1 atom stereocenters. The first-order valence-electron chi connectivity index (χ1n) is 6.84. The van der Waals surface area contributed by atoms with Gasteiger partial charge >= 0.3 is 0 Å². The Balaban J connectivity index is 1.93. The maximum atomic E-state index is 6.04. The Bertz CT molecular complexity index is 639. The predicted octanol–water partition coefficient (Wildman–Crippen LogP) is 1.14. The number of anilines is 2. The Hall–Kier alpha value is -1.88. The summed E-state index contributed by atoms with van der Waals surface area (Å²) >= 11 is 0. The minimum Gasteiger partial charge on any atom is -0.369 e. The number of nitrogens with zero attached hydrogens (tertiary/aromatic N) is 3. The van der Waals surface area contributed by atoms with Crippen molar-refractivity contribution in [1.29, 1.82) is 0 Å². The van der Waals surface area contributed by atoms with Crippen molar-refractivity contribution >= 4 is 22.4 Å². The number of rotatable bonds is 1. The SMILES string of the molecule is NC1CCN(c2ccnc3cnc4c(c23)CCN4)C1. The van der Waals surface area contributed by atoms with Crippen molar-refractivity contribution in [2.45, 2.75) is 18.9 Å². The van der Waals surface area contributed by atoms with Crippen LogP contribution in [0.5, 0.6) is 0 Å². The van der Waals surface area contributed by atoms with Gasteiger partial charge in [0.05, 0.1) is 11.7 Å². The van der Waals surface area contributed by atoms with Gasteiger partial charge in [-0.2, -0.15) is 0 Å². The second-order valence-electron chi connectivity index (χ2n) is 5.35. The van der Waals surface area contributed by atoms with E-state index in [1.807, 2.05) is 12.4 Å². The fourth-order valence-electron chi connectivity index (χ4n) is 3.17. The van der Waals surface area contributed by atoms with Crippen LogP contribution < -0.4 is 16.0 Å². The minimum atomic E-state index is 0.288. The number of nitrogens with two attached hydrogens (primary N) is 1. The van der Waals surface area contributed by atoms with E-state index < -0.39 is 0 Å². The maximum absolute atomic E-state index is 6.04. The second kappa shape index (κ2) is 4.06. The van der Waals surface area contributed by atoms with Gasteiger partial charge in [0.1, 0.15) is 5.82 Å². The second-order valence-corrected chi connectivity index (χ2v) is 5.35. The summed E-state index contributed by atoms with van der Waals surface area (Å²) in [5, 5.41) is 4.59. The van der Waals surface area contributed by atoms with Crippen LogP contribution in [0.4, 0.5) is 11.5 Å². The third-order valence-corrected chi connectivity index (χ3v) is 4.09. The highest BCUT2D eigenvalue weighted by Crippen LogP contribution is 2.35. The van der Waals surface area contributed by atoms with Crippen LogP contribution in [0.1, 0.15) is 12.0 Å². The van der Waals surface area contributed by atoms with E-state index in [-0.39, 0.29) is 6.04 Å². The summed E-state index contributed by atoms with van der Waals surface area (Å²) in [7, 11) is 0. The Labute approximate surface area is 111 Å². The van der Waals surface area contributed by atoms with E-state index in [1.54, 1.807) is 0 Å². The normalized spacial score (nSPS) is 21.7. The lowest BCUT2D eigenvalue weighted by Gasteiger charge is -2.21. The largest absolute Gasteiger partial charge is 0.369 e. The molecule has 0 aliphatic carbocycles. The highest BCUT2D eigenvalue weighted by Gasteiger charge is 2.24. The lowest BCUT2D eigenvalue weighted by atomic mass is 10.1. The van der Waals surface area contributed by atoms with Gasteiger partial charge in [0.15, 0.2) is 0 Å². The number of hydrogen-bond donors (Lipinski definition) is 2. The highest BCUT2D eigenvalue weighted by atomic mass is 15.2. The first-order valence-corrected chi connectivity index (χ1v) is 6.84. The molecule has 0 aromatic carbocycles. The van der Waals surface area contributed by atoms with Crippen molar-refractivity contribution in [3.63, 3.8) is 0 Å². The van der Waals surface area contributed by atoms with Crippen molar-refractivity contribution in [2.75, 3.05) is 29.9 Å². The molecule has 0 radical (unpaired) electrons. The molecule has 98 valence electrons. The molecule has 5 heteroatoms. The molecule has 2 aliphatic heterocycles. The maximum Gasteiger partial charge on any atom is 0.130 e. The van der Waals surface area contributed by atoms with Crippen LogP contribution in [0.2, 0.25) is 0 Å². The first kappa shape index (κ1) is 11.0. The Morgan fingerprint density at radius 3 is 3.16 bits per heavy atom. The summed E-state index contributed by atoms with van der Waals surface area (Å²) in [6.45, 7) is 2.93. The van der Waals surface area contributed by atoms with Crippen molar-refractivity contribution < 1.29 is 0 Å². The van der Waals surface area contributed by atoms with E-state index in [0.29, 0.717) is 0 Å². The van der Waals surface area contributed by atoms with E-state index in [9.17, 15) is 0 Å². The monoisotopic (exact) mass is 255 g/mol. The van der Waals surface area contributed by atoms with Gasteiger partial charge in [0, 0.05) is 48.5 Å². The van der Waals surface area contributed by atoms with Gasteiger partial charge < -0.3 is 16.0 Å². The molecule has 0 spiro atoms. The Morgan fingerprint density at radius 2 is 2.32 bits per heavy atom. The van der Waals surface area contributed by atoms with Gasteiger partial charge in [-0.1, -0.05) is 0 Å². The third-order valence-electron chi connectivity index (χ3n) is 4.09. The zero-order chi connectivity index (χ0) is 12.8. The van der Waals surface area contributed by atoms with Crippen molar-refractivity contribution in [1.82, 2.24) is 9.97 Å². The number of fused-ring (bicyclic) bond motifs is 3. The number of nitrogens with one attached hydrogen (secondary N) is 1. The van der Waals surface area contributed by atoms with Gasteiger partial charge in [-0.05, 0) is 18.9 Å². The van der Waals surface area contributed by atoms with E-state index in [1.165, 1.54) is 16.6 Å². The molecule has 2 aromatic heterocycles. The molecular formula is C14H17N5. The Morgan fingerprint density at radius 1 is 1.37 bits per heavy atom. The summed E-state index contributed by atoms with van der Waals surface area (Å²) in [5.41, 5.74) is 9.59. The summed E-state index contributed by atoms with van der Waals surface area (Å²) < 4.78 is 0. The molecule has 4 heterocycles. The molecule has 0 bridgehead atoms. The molecule has 3 N–H and O–H groups in total. The Kier molecular flexibility index (Phi) is 2.35. The molecule has 0 saturated carbocycles. The van der Waals surface area contributed by atoms with Crippen LogP contribution in [0.25, 0.3) is 10.9 Å². The van der Waals surface area contributed by atoms with Gasteiger partial charge in [0.25, 0.3) is 0 Å². The molecule has 5 nitrogen and oxygen atoms in total. The van der Waals surface area contributed by atoms with Crippen LogP contribution in [0.15, 0.2) is 18.5 Å². The highest BCUT2D eigenvalue weighted by molar-refractivity contribution is 5.97. The average Bonchev–Trinajstić information content (AvgIpc) is 3.06. The molecule has 1 saturated heterocycles. The molecular weight excluding hydrogens is 238 g/mol. The van der Waals surface area contributed by atoms with Gasteiger partial charge in [-0.25, -0.2) is 4.98 Å². The fourth-order valence-corrected chi connectivity index (χ4v) is 3.17. The summed E-state index contributed by atoms with van der Waals surface area (Å²) in [4.78, 5) is 11.3. The van der Waals surface area contributed by atoms with Crippen LogP contribution >= 0.6 is 0 Å². The number of pyridine rings is 2. The van der Waals surface area contributed by atoms with Gasteiger partial charge in [-0.15, -0.1) is 0 Å². The molecule has 1 fully saturated rings. The summed E-state index contributed by atoms with van der Waals surface area (Å²) in [5.74, 6) is 1.02. The molecule has 0 amide bonds. The summed E-state index contributed by atoms with van der Waals surface area (Å²) in [6, 6.07) is 2.40. The molecule has 19 heavy (non-hydrogen) atoms. The standard InChI is InChI=1S/C14H17N5/c15-9-3-6-19(8-9)12-2-5-16-11-7-18-14-10(13(11)12)1-4-17-14/h2,5,7,9H,1,3-4,6,8,15H2,(H,17,18). The van der Waals surface area contributed by atoms with Crippen LogP contribution in [-0.4, -0.2) is 35.6 Å². The number of aromatic nitrogens is 2. The number of hydrogen-bond acceptors (Lipinski definition) is 5. The fraction of sp³-hybridized carbons (Fsp3) is 0.429. The van der Waals surface area contributed by atoms with E-state index >= 15 is 0 Å². The van der Waals surface area contributed by atoms with E-state index in [2.05, 4.69) is 26.3 Å². The van der Waals surface area contributed by atoms with E-state index in [0.717, 1.165) is 43.8 Å². The zero-order valence-electron chi connectivity index (χ0n) is 10.8. The van der Waals surface area contributed by atoms with E-state index in [4.69, 9.17) is 5.73 Å². The lowest BCUT2D eigenvalue weighted by molar-refractivity contribution is 0.752. The van der Waals surface area contributed by atoms with Gasteiger partial charge in [-0.3, -0.25) is 4.98 Å². The first-order chi connectivity index (χ1) is 9.33. The smallest absolute Gasteiger partial charge is 0.130 e. The molecule has 2 aromatic rings. The lowest BCUT2D eigenvalue weighted by Crippen LogP contribution is -2.26. The van der Waals surface area contributed by atoms with Crippen LogP contribution in [-0.2, 0) is 6.42 Å². The van der Waals surface area contributed by atoms with Crippen LogP contribution in [0, 0.1) is 0 Å². The van der Waals surface area contributed by atoms with Crippen LogP contribution in [0.3, 0.4) is 0 Å². The van der Waals surface area contributed by atoms with Gasteiger partial charge in [0.2, 0.25) is 0 Å². The summed E-state index contributed by atoms with van der Waals surface area (Å²) in [6.07, 6.45) is 5.83. The predicted molar refractivity (Wildman–Crippen MR) is 76.5 cm³/mol. The zero-order valence-corrected chi connectivity index (χ0v) is 10.8. The van der Waals surface area contributed by atoms with Crippen molar-refractivity contribution in [2.24, 2.45) is 5.73 Å². The molecule has 2 aliphatic rings. The average molecular weight is 255 g/mol. The quantitative estimate of drug-likeness (QED) is 0.799. The third kappa shape index (κ3) is 1.65. The molecule has 4 rings (SSSR count). The topological polar surface area (TPSA) is 67.1 Å². The molecule has 1 unspecified atom stereocenters. The minimum absolute atomic E-state index is 0.288. The van der Waals surface area contributed by atoms with Crippen molar-refractivity contribution in [3.05, 3.63) is 24.0 Å². The van der Waals surface area contributed by atoms with Crippen molar-refractivity contribution in [3.8, 4) is 0 Å².